The summed E-state index contributed by atoms with van der Waals surface area (Å²) in [5.41, 5.74) is 8.48. The van der Waals surface area contributed by atoms with Crippen LogP contribution in [0.15, 0.2) is 12.1 Å². The molecule has 1 aromatic rings. The van der Waals surface area contributed by atoms with Gasteiger partial charge in [-0.15, -0.1) is 0 Å². The minimum atomic E-state index is 0.139. The highest BCUT2D eigenvalue weighted by molar-refractivity contribution is 6.32. The monoisotopic (exact) mass is 251 g/mol. The molecule has 2 aliphatic carbocycles. The average Bonchev–Trinajstić information content (AvgIpc) is 3.15. The molecular weight excluding hydrogens is 234 g/mol. The van der Waals surface area contributed by atoms with E-state index in [0.29, 0.717) is 12.6 Å². The Balaban J connectivity index is 2.03. The lowest BCUT2D eigenvalue weighted by molar-refractivity contribution is 0.297. The average molecular weight is 252 g/mol. The molecule has 2 fully saturated rings. The molecule has 0 aliphatic heterocycles. The zero-order chi connectivity index (χ0) is 12.0. The van der Waals surface area contributed by atoms with Crippen LogP contribution in [-0.2, 0) is 5.41 Å². The molecule has 0 spiro atoms. The summed E-state index contributed by atoms with van der Waals surface area (Å²) in [6.07, 6.45) is 5.00. The van der Waals surface area contributed by atoms with E-state index in [2.05, 4.69) is 13.0 Å². The van der Waals surface area contributed by atoms with E-state index in [-0.39, 0.29) is 5.41 Å². The van der Waals surface area contributed by atoms with E-state index >= 15 is 0 Å². The normalized spacial score (nSPS) is 21.4. The molecule has 2 saturated carbocycles. The zero-order valence-electron chi connectivity index (χ0n) is 10.1. The van der Waals surface area contributed by atoms with Crippen LogP contribution in [0.3, 0.4) is 0 Å². The number of halogens is 1. The van der Waals surface area contributed by atoms with Gasteiger partial charge in [0, 0.05) is 17.5 Å². The number of benzene rings is 1. The van der Waals surface area contributed by atoms with E-state index in [9.17, 15) is 0 Å². The minimum Gasteiger partial charge on any atom is -0.489 e. The molecule has 2 nitrogen and oxygen atoms in total. The van der Waals surface area contributed by atoms with Crippen molar-refractivity contribution in [3.8, 4) is 5.75 Å². The Kier molecular flexibility index (Phi) is 2.60. The third kappa shape index (κ3) is 2.04. The Bertz CT molecular complexity index is 450. The third-order valence-corrected chi connectivity index (χ3v) is 4.09. The van der Waals surface area contributed by atoms with E-state index in [1.54, 1.807) is 0 Å². The molecule has 0 aromatic heterocycles. The van der Waals surface area contributed by atoms with Gasteiger partial charge in [0.1, 0.15) is 5.75 Å². The summed E-state index contributed by atoms with van der Waals surface area (Å²) in [5.74, 6) is 0.891. The zero-order valence-corrected chi connectivity index (χ0v) is 10.9. The second-order valence-electron chi connectivity index (χ2n) is 5.43. The molecule has 3 heteroatoms. The lowest BCUT2D eigenvalue weighted by atomic mass is 9.93. The van der Waals surface area contributed by atoms with Crippen LogP contribution in [0, 0.1) is 6.92 Å². The number of aryl methyl sites for hydroxylation is 1. The molecular formula is C14H18ClNO. The van der Waals surface area contributed by atoms with E-state index < -0.39 is 0 Å². The number of ether oxygens (including phenoxy) is 1. The Morgan fingerprint density at radius 1 is 1.41 bits per heavy atom. The first kappa shape index (κ1) is 11.4. The molecule has 0 bridgehead atoms. The van der Waals surface area contributed by atoms with E-state index in [0.717, 1.165) is 36.5 Å². The van der Waals surface area contributed by atoms with Crippen LogP contribution in [-0.4, -0.2) is 12.6 Å². The van der Waals surface area contributed by atoms with Gasteiger partial charge in [-0.1, -0.05) is 17.7 Å². The van der Waals surface area contributed by atoms with E-state index in [4.69, 9.17) is 22.1 Å². The lowest BCUT2D eigenvalue weighted by Gasteiger charge is -2.20. The molecule has 0 amide bonds. The molecule has 0 unspecified atom stereocenters. The van der Waals surface area contributed by atoms with Crippen molar-refractivity contribution in [1.29, 1.82) is 0 Å². The van der Waals surface area contributed by atoms with Gasteiger partial charge in [0.05, 0.1) is 11.1 Å². The highest BCUT2D eigenvalue weighted by atomic mass is 35.5. The molecule has 3 rings (SSSR count). The van der Waals surface area contributed by atoms with Crippen LogP contribution in [0.5, 0.6) is 5.75 Å². The van der Waals surface area contributed by atoms with Gasteiger partial charge in [-0.2, -0.15) is 0 Å². The van der Waals surface area contributed by atoms with Crippen LogP contribution in [0.1, 0.15) is 36.8 Å². The van der Waals surface area contributed by atoms with Crippen LogP contribution < -0.4 is 10.5 Å². The molecule has 92 valence electrons. The van der Waals surface area contributed by atoms with E-state index in [1.165, 1.54) is 11.1 Å². The van der Waals surface area contributed by atoms with Crippen molar-refractivity contribution >= 4 is 11.6 Å². The summed E-state index contributed by atoms with van der Waals surface area (Å²) in [7, 11) is 0. The molecule has 1 aromatic carbocycles. The first-order valence-electron chi connectivity index (χ1n) is 6.32. The van der Waals surface area contributed by atoms with Crippen molar-refractivity contribution in [3.05, 3.63) is 28.3 Å². The lowest BCUT2D eigenvalue weighted by Crippen LogP contribution is -2.21. The Morgan fingerprint density at radius 2 is 2.12 bits per heavy atom. The van der Waals surface area contributed by atoms with Crippen LogP contribution in [0.4, 0.5) is 0 Å². The second kappa shape index (κ2) is 3.89. The first-order valence-corrected chi connectivity index (χ1v) is 6.70. The quantitative estimate of drug-likeness (QED) is 0.892. The molecule has 2 N–H and O–H groups in total. The Hall–Kier alpha value is -0.730. The standard InChI is InChI=1S/C14H18ClNO/c1-9-6-11(14(8-16)4-5-14)13(12(15)7-9)17-10-2-3-10/h6-7,10H,2-5,8,16H2,1H3. The van der Waals surface area contributed by atoms with Gasteiger partial charge in [0.15, 0.2) is 0 Å². The first-order chi connectivity index (χ1) is 8.14. The third-order valence-electron chi connectivity index (χ3n) is 3.81. The topological polar surface area (TPSA) is 35.2 Å². The van der Waals surface area contributed by atoms with Crippen molar-refractivity contribution in [1.82, 2.24) is 0 Å². The summed E-state index contributed by atoms with van der Waals surface area (Å²) in [5, 5.41) is 0.742. The molecule has 0 heterocycles. The number of hydrogen-bond acceptors (Lipinski definition) is 2. The fourth-order valence-corrected chi connectivity index (χ4v) is 2.65. The summed E-state index contributed by atoms with van der Waals surface area (Å²) in [6, 6.07) is 4.18. The molecule has 0 saturated heterocycles. The van der Waals surface area contributed by atoms with Gasteiger partial charge < -0.3 is 10.5 Å². The van der Waals surface area contributed by atoms with E-state index in [1.807, 2.05) is 6.07 Å². The van der Waals surface area contributed by atoms with Gasteiger partial charge in [0.2, 0.25) is 0 Å². The molecule has 17 heavy (non-hydrogen) atoms. The highest BCUT2D eigenvalue weighted by Crippen LogP contribution is 2.53. The van der Waals surface area contributed by atoms with Crippen LogP contribution in [0.25, 0.3) is 0 Å². The largest absolute Gasteiger partial charge is 0.489 e. The summed E-state index contributed by atoms with van der Waals surface area (Å²) in [6.45, 7) is 2.76. The summed E-state index contributed by atoms with van der Waals surface area (Å²) >= 11 is 6.33. The second-order valence-corrected chi connectivity index (χ2v) is 5.83. The minimum absolute atomic E-state index is 0.139. The number of hydrogen-bond donors (Lipinski definition) is 1. The molecule has 0 radical (unpaired) electrons. The van der Waals surface area contributed by atoms with Crippen LogP contribution >= 0.6 is 11.6 Å². The summed E-state index contributed by atoms with van der Waals surface area (Å²) < 4.78 is 5.98. The fourth-order valence-electron chi connectivity index (χ4n) is 2.33. The van der Waals surface area contributed by atoms with Gasteiger partial charge in [-0.25, -0.2) is 0 Å². The molecule has 2 aliphatic rings. The fraction of sp³-hybridized carbons (Fsp3) is 0.571. The van der Waals surface area contributed by atoms with Crippen molar-refractivity contribution < 1.29 is 4.74 Å². The highest BCUT2D eigenvalue weighted by Gasteiger charge is 2.46. The maximum absolute atomic E-state index is 6.33. The van der Waals surface area contributed by atoms with Gasteiger partial charge in [0.25, 0.3) is 0 Å². The maximum atomic E-state index is 6.33. The SMILES string of the molecule is Cc1cc(Cl)c(OC2CC2)c(C2(CN)CC2)c1. The smallest absolute Gasteiger partial charge is 0.142 e. The predicted octanol–water partition coefficient (Wildman–Crippen LogP) is 3.18. The van der Waals surface area contributed by atoms with Crippen LogP contribution in [0.2, 0.25) is 5.02 Å². The summed E-state index contributed by atoms with van der Waals surface area (Å²) in [4.78, 5) is 0. The maximum Gasteiger partial charge on any atom is 0.142 e. The van der Waals surface area contributed by atoms with Gasteiger partial charge in [-0.3, -0.25) is 0 Å². The predicted molar refractivity (Wildman–Crippen MR) is 69.8 cm³/mol. The Morgan fingerprint density at radius 3 is 2.65 bits per heavy atom. The number of nitrogens with two attached hydrogens (primary N) is 1. The Labute approximate surface area is 107 Å². The molecule has 0 atom stereocenters. The number of rotatable bonds is 4. The van der Waals surface area contributed by atoms with Crippen molar-refractivity contribution in [2.75, 3.05) is 6.54 Å². The van der Waals surface area contributed by atoms with Crippen molar-refractivity contribution in [3.63, 3.8) is 0 Å². The van der Waals surface area contributed by atoms with Crippen molar-refractivity contribution in [2.24, 2.45) is 5.73 Å². The van der Waals surface area contributed by atoms with Gasteiger partial charge >= 0.3 is 0 Å². The van der Waals surface area contributed by atoms with Crippen molar-refractivity contribution in [2.45, 2.75) is 44.1 Å². The van der Waals surface area contributed by atoms with Gasteiger partial charge in [-0.05, 0) is 44.2 Å².